The number of nitrogens with one attached hydrogen (secondary N) is 2. The van der Waals surface area contributed by atoms with Crippen molar-refractivity contribution in [3.05, 3.63) is 22.9 Å². The summed E-state index contributed by atoms with van der Waals surface area (Å²) in [4.78, 5) is 4.63. The first-order valence-corrected chi connectivity index (χ1v) is 7.21. The molecule has 1 aromatic rings. The van der Waals surface area contributed by atoms with Crippen molar-refractivity contribution < 1.29 is 4.74 Å². The van der Waals surface area contributed by atoms with E-state index >= 15 is 0 Å². The third-order valence-corrected chi connectivity index (χ3v) is 3.23. The number of pyridine rings is 1. The second kappa shape index (κ2) is 7.04. The number of anilines is 1. The van der Waals surface area contributed by atoms with Crippen molar-refractivity contribution >= 4 is 5.82 Å². The molecule has 114 valence electrons. The Morgan fingerprint density at radius 1 is 1.30 bits per heavy atom. The van der Waals surface area contributed by atoms with E-state index in [-0.39, 0.29) is 11.6 Å². The lowest BCUT2D eigenvalue weighted by Crippen LogP contribution is -2.35. The van der Waals surface area contributed by atoms with E-state index in [2.05, 4.69) is 49.4 Å². The number of rotatable bonds is 6. The summed E-state index contributed by atoms with van der Waals surface area (Å²) >= 11 is 0. The number of hydrogen-bond acceptors (Lipinski definition) is 4. The summed E-state index contributed by atoms with van der Waals surface area (Å²) in [6.45, 7) is 14.3. The van der Waals surface area contributed by atoms with Gasteiger partial charge in [0, 0.05) is 37.0 Å². The lowest BCUT2D eigenvalue weighted by molar-refractivity contribution is 0.128. The molecule has 0 aliphatic carbocycles. The first-order chi connectivity index (χ1) is 9.23. The van der Waals surface area contributed by atoms with Gasteiger partial charge in [0.25, 0.3) is 0 Å². The fraction of sp³-hybridized carbons (Fsp3) is 0.688. The average molecular weight is 279 g/mol. The molecule has 2 N–H and O–H groups in total. The van der Waals surface area contributed by atoms with Crippen molar-refractivity contribution in [2.45, 2.75) is 59.7 Å². The minimum absolute atomic E-state index is 0.0917. The maximum Gasteiger partial charge on any atom is 0.131 e. The van der Waals surface area contributed by atoms with Gasteiger partial charge in [-0.2, -0.15) is 0 Å². The monoisotopic (exact) mass is 279 g/mol. The van der Waals surface area contributed by atoms with Crippen LogP contribution in [0.3, 0.4) is 0 Å². The van der Waals surface area contributed by atoms with Crippen molar-refractivity contribution in [2.24, 2.45) is 0 Å². The van der Waals surface area contributed by atoms with Gasteiger partial charge >= 0.3 is 0 Å². The Bertz CT molecular complexity index is 438. The molecule has 0 aliphatic heterocycles. The minimum atomic E-state index is 0.0917. The van der Waals surface area contributed by atoms with Gasteiger partial charge in [-0.15, -0.1) is 0 Å². The van der Waals surface area contributed by atoms with Gasteiger partial charge < -0.3 is 15.4 Å². The van der Waals surface area contributed by atoms with E-state index in [1.165, 1.54) is 11.1 Å². The normalized spacial score (nSPS) is 13.3. The molecule has 4 heteroatoms. The molecule has 0 aliphatic rings. The zero-order chi connectivity index (χ0) is 15.3. The number of aromatic nitrogens is 1. The predicted molar refractivity (Wildman–Crippen MR) is 85.3 cm³/mol. The highest BCUT2D eigenvalue weighted by Gasteiger charge is 2.14. The lowest BCUT2D eigenvalue weighted by atomic mass is 10.1. The van der Waals surface area contributed by atoms with Crippen molar-refractivity contribution in [3.63, 3.8) is 0 Å². The predicted octanol–water partition coefficient (Wildman–Crippen LogP) is 3.03. The van der Waals surface area contributed by atoms with E-state index in [1.807, 2.05) is 13.8 Å². The fourth-order valence-electron chi connectivity index (χ4n) is 1.91. The zero-order valence-electron chi connectivity index (χ0n) is 13.9. The molecule has 1 heterocycles. The molecule has 1 atom stereocenters. The number of methoxy groups -OCH3 is 1. The van der Waals surface area contributed by atoms with Crippen LogP contribution in [0.4, 0.5) is 5.82 Å². The van der Waals surface area contributed by atoms with Gasteiger partial charge in [-0.25, -0.2) is 4.98 Å². The maximum absolute atomic E-state index is 5.28. The topological polar surface area (TPSA) is 46.2 Å². The highest BCUT2D eigenvalue weighted by Crippen LogP contribution is 2.19. The molecule has 0 amide bonds. The highest BCUT2D eigenvalue weighted by molar-refractivity contribution is 5.49. The number of aryl methyl sites for hydroxylation is 2. The first kappa shape index (κ1) is 16.9. The first-order valence-electron chi connectivity index (χ1n) is 7.21. The highest BCUT2D eigenvalue weighted by atomic mass is 16.5. The van der Waals surface area contributed by atoms with E-state index in [9.17, 15) is 0 Å². The van der Waals surface area contributed by atoms with Gasteiger partial charge in [-0.05, 0) is 53.2 Å². The average Bonchev–Trinajstić information content (AvgIpc) is 2.33. The summed E-state index contributed by atoms with van der Waals surface area (Å²) in [5.41, 5.74) is 3.62. The van der Waals surface area contributed by atoms with Gasteiger partial charge in [0.15, 0.2) is 0 Å². The molecule has 20 heavy (non-hydrogen) atoms. The molecule has 0 saturated heterocycles. The van der Waals surface area contributed by atoms with Gasteiger partial charge in [0.05, 0.1) is 6.10 Å². The molecule has 1 rings (SSSR count). The van der Waals surface area contributed by atoms with Gasteiger partial charge in [0.1, 0.15) is 5.82 Å². The zero-order valence-corrected chi connectivity index (χ0v) is 13.9. The molecular formula is C16H29N3O. The molecule has 4 nitrogen and oxygen atoms in total. The maximum atomic E-state index is 5.28. The Morgan fingerprint density at radius 2 is 1.95 bits per heavy atom. The quantitative estimate of drug-likeness (QED) is 0.840. The van der Waals surface area contributed by atoms with Crippen LogP contribution >= 0.6 is 0 Å². The summed E-state index contributed by atoms with van der Waals surface area (Å²) in [6.07, 6.45) is 0.168. The van der Waals surface area contributed by atoms with E-state index in [0.717, 1.165) is 24.6 Å². The third kappa shape index (κ3) is 5.47. The minimum Gasteiger partial charge on any atom is -0.380 e. The Labute approximate surface area is 123 Å². The standard InChI is InChI=1S/C16H29N3O/c1-11-8-12(2)19-15(17-9-13(3)20-7)14(11)10-18-16(4,5)6/h8,13,18H,9-10H2,1-7H3,(H,17,19). The van der Waals surface area contributed by atoms with Crippen LogP contribution in [0.2, 0.25) is 0 Å². The largest absolute Gasteiger partial charge is 0.380 e. The van der Waals surface area contributed by atoms with Crippen molar-refractivity contribution in [3.8, 4) is 0 Å². The van der Waals surface area contributed by atoms with Crippen molar-refractivity contribution in [1.29, 1.82) is 0 Å². The van der Waals surface area contributed by atoms with Crippen LogP contribution in [0.15, 0.2) is 6.07 Å². The Hall–Kier alpha value is -1.13. The Balaban J connectivity index is 2.89. The molecule has 0 aromatic carbocycles. The molecule has 0 bridgehead atoms. The Kier molecular flexibility index (Phi) is 5.96. The fourth-order valence-corrected chi connectivity index (χ4v) is 1.91. The van der Waals surface area contributed by atoms with Crippen LogP contribution in [0, 0.1) is 13.8 Å². The molecule has 0 spiro atoms. The van der Waals surface area contributed by atoms with Crippen LogP contribution < -0.4 is 10.6 Å². The second-order valence-corrected chi connectivity index (χ2v) is 6.44. The summed E-state index contributed by atoms with van der Waals surface area (Å²) in [7, 11) is 1.73. The van der Waals surface area contributed by atoms with Crippen LogP contribution in [0.25, 0.3) is 0 Å². The van der Waals surface area contributed by atoms with Crippen LogP contribution in [-0.2, 0) is 11.3 Å². The van der Waals surface area contributed by atoms with Crippen LogP contribution in [0.1, 0.15) is 44.5 Å². The van der Waals surface area contributed by atoms with Gasteiger partial charge in [-0.3, -0.25) is 0 Å². The summed E-state index contributed by atoms with van der Waals surface area (Å²) < 4.78 is 5.28. The SMILES string of the molecule is COC(C)CNc1nc(C)cc(C)c1CNC(C)(C)C. The number of nitrogens with zero attached hydrogens (tertiary/aromatic N) is 1. The summed E-state index contributed by atoms with van der Waals surface area (Å²) in [6, 6.07) is 2.13. The summed E-state index contributed by atoms with van der Waals surface area (Å²) in [5.74, 6) is 0.961. The third-order valence-electron chi connectivity index (χ3n) is 3.23. The second-order valence-electron chi connectivity index (χ2n) is 6.44. The lowest BCUT2D eigenvalue weighted by Gasteiger charge is -2.23. The smallest absolute Gasteiger partial charge is 0.131 e. The van der Waals surface area contributed by atoms with Crippen molar-refractivity contribution in [2.75, 3.05) is 19.0 Å². The van der Waals surface area contributed by atoms with E-state index in [0.29, 0.717) is 0 Å². The van der Waals surface area contributed by atoms with Crippen molar-refractivity contribution in [1.82, 2.24) is 10.3 Å². The van der Waals surface area contributed by atoms with E-state index in [4.69, 9.17) is 4.74 Å². The van der Waals surface area contributed by atoms with Crippen LogP contribution in [-0.4, -0.2) is 30.3 Å². The van der Waals surface area contributed by atoms with E-state index in [1.54, 1.807) is 7.11 Å². The molecule has 1 aromatic heterocycles. The molecule has 0 radical (unpaired) electrons. The summed E-state index contributed by atoms with van der Waals surface area (Å²) in [5, 5.41) is 6.93. The van der Waals surface area contributed by atoms with Gasteiger partial charge in [-0.1, -0.05) is 0 Å². The Morgan fingerprint density at radius 3 is 2.50 bits per heavy atom. The van der Waals surface area contributed by atoms with E-state index < -0.39 is 0 Å². The molecule has 1 unspecified atom stereocenters. The van der Waals surface area contributed by atoms with Gasteiger partial charge in [0.2, 0.25) is 0 Å². The van der Waals surface area contributed by atoms with Crippen LogP contribution in [0.5, 0.6) is 0 Å². The molecular weight excluding hydrogens is 250 g/mol. The molecule has 0 fully saturated rings. The molecule has 0 saturated carbocycles. The number of hydrogen-bond donors (Lipinski definition) is 2. The number of ether oxygens (including phenoxy) is 1.